The predicted octanol–water partition coefficient (Wildman–Crippen LogP) is 5.09. The van der Waals surface area contributed by atoms with E-state index in [1.165, 1.54) is 11.0 Å². The summed E-state index contributed by atoms with van der Waals surface area (Å²) in [5.74, 6) is 1.00. The van der Waals surface area contributed by atoms with Gasteiger partial charge in [-0.1, -0.05) is 6.92 Å². The first-order chi connectivity index (χ1) is 28.1. The fourth-order valence-corrected chi connectivity index (χ4v) is 7.47. The van der Waals surface area contributed by atoms with Gasteiger partial charge in [0.1, 0.15) is 30.2 Å². The first-order valence-corrected chi connectivity index (χ1v) is 20.1. The molecule has 0 aliphatic carbocycles. The molecule has 2 aromatic heterocycles. The number of alkyl halides is 3. The number of amides is 2. The third kappa shape index (κ3) is 11.9. The number of pyridine rings is 1. The number of hydrogen-bond donors (Lipinski definition) is 1. The molecule has 0 saturated carbocycles. The maximum atomic E-state index is 14.6. The number of alkyl carbamates (subject to hydrolysis) is 1. The van der Waals surface area contributed by atoms with E-state index in [0.29, 0.717) is 77.2 Å². The molecule has 3 aliphatic rings. The van der Waals surface area contributed by atoms with Crippen LogP contribution in [0.1, 0.15) is 79.0 Å². The zero-order valence-corrected chi connectivity index (χ0v) is 34.6. The van der Waals surface area contributed by atoms with Crippen LogP contribution >= 0.6 is 0 Å². The number of rotatable bonds is 19. The van der Waals surface area contributed by atoms with Crippen molar-refractivity contribution in [2.45, 2.75) is 77.2 Å². The molecule has 15 nitrogen and oxygen atoms in total. The molecule has 1 atom stereocenters. The number of likely N-dealkylation sites (tertiary alicyclic amines) is 1. The van der Waals surface area contributed by atoms with Crippen LogP contribution in [0.2, 0.25) is 0 Å². The summed E-state index contributed by atoms with van der Waals surface area (Å²) in [4.78, 5) is 33.9. The normalized spacial score (nSPS) is 18.1. The molecule has 0 unspecified atom stereocenters. The lowest BCUT2D eigenvalue weighted by molar-refractivity contribution is -0.138. The minimum atomic E-state index is -4.65. The molecule has 0 radical (unpaired) electrons. The molecular weight excluding hydrogens is 775 g/mol. The lowest BCUT2D eigenvalue weighted by atomic mass is 9.75. The van der Waals surface area contributed by atoms with Gasteiger partial charge in [-0.25, -0.2) is 4.79 Å². The Morgan fingerprint density at radius 2 is 1.71 bits per heavy atom. The minimum absolute atomic E-state index is 0.0349. The molecule has 2 fully saturated rings. The van der Waals surface area contributed by atoms with Crippen LogP contribution < -0.4 is 15.0 Å². The Labute approximate surface area is 342 Å². The fourth-order valence-electron chi connectivity index (χ4n) is 7.47. The van der Waals surface area contributed by atoms with Gasteiger partial charge in [0, 0.05) is 50.1 Å². The molecule has 2 saturated heterocycles. The van der Waals surface area contributed by atoms with Gasteiger partial charge >= 0.3 is 12.3 Å². The van der Waals surface area contributed by atoms with E-state index in [2.05, 4.69) is 32.3 Å². The van der Waals surface area contributed by atoms with Crippen molar-refractivity contribution >= 4 is 17.8 Å². The molecule has 3 aliphatic heterocycles. The summed E-state index contributed by atoms with van der Waals surface area (Å²) in [6, 6.07) is 6.33. The zero-order valence-electron chi connectivity index (χ0n) is 34.6. The van der Waals surface area contributed by atoms with Gasteiger partial charge < -0.3 is 38.3 Å². The summed E-state index contributed by atoms with van der Waals surface area (Å²) >= 11 is 0. The fraction of sp³-hybridized carbons (Fsp3) is 0.634. The van der Waals surface area contributed by atoms with Crippen molar-refractivity contribution in [3.05, 3.63) is 64.2 Å². The second-order valence-corrected chi connectivity index (χ2v) is 16.5. The summed E-state index contributed by atoms with van der Waals surface area (Å²) in [6.45, 7) is 12.1. The number of benzene rings is 1. The average molecular weight is 832 g/mol. The van der Waals surface area contributed by atoms with Gasteiger partial charge in [0.15, 0.2) is 0 Å². The number of ether oxygens (including phenoxy) is 6. The Balaban J connectivity index is 1.09. The molecule has 59 heavy (non-hydrogen) atoms. The Bertz CT molecular complexity index is 1900. The van der Waals surface area contributed by atoms with Crippen LogP contribution in [0.15, 0.2) is 30.6 Å². The molecule has 1 N–H and O–H groups in total. The molecule has 2 amide bonds. The minimum Gasteiger partial charge on any atom is -0.475 e. The number of aryl methyl sites for hydroxylation is 1. The highest BCUT2D eigenvalue weighted by Gasteiger charge is 2.44. The zero-order chi connectivity index (χ0) is 42.2. The highest BCUT2D eigenvalue weighted by atomic mass is 19.4. The van der Waals surface area contributed by atoms with Crippen LogP contribution in [0.5, 0.6) is 5.88 Å². The number of hydrogen-bond acceptors (Lipinski definition) is 12. The van der Waals surface area contributed by atoms with Crippen molar-refractivity contribution in [3.63, 3.8) is 0 Å². The highest BCUT2D eigenvalue weighted by Crippen LogP contribution is 2.42. The lowest BCUT2D eigenvalue weighted by Crippen LogP contribution is -2.49. The van der Waals surface area contributed by atoms with Crippen LogP contribution in [-0.4, -0.2) is 121 Å². The largest absolute Gasteiger partial charge is 0.475 e. The third-order valence-corrected chi connectivity index (χ3v) is 10.4. The first-order valence-electron chi connectivity index (χ1n) is 20.1. The SMILES string of the molecule is C[C@H]1CCCN(Cc2cc3c(c(C(F)(F)F)c2)CN(c2cc(C4(Cc5nncn5C)COC4)cc(OCCOCCOCCOCCNC(=O)OC(C)(C)C)n2)C3=O)C1. The number of anilines is 1. The van der Waals surface area contributed by atoms with Gasteiger partial charge in [-0.2, -0.15) is 18.2 Å². The van der Waals surface area contributed by atoms with E-state index in [4.69, 9.17) is 28.4 Å². The number of carbonyl (C=O) groups excluding carboxylic acids is 2. The molecule has 324 valence electrons. The number of nitrogens with one attached hydrogen (secondary N) is 1. The Hall–Kier alpha value is -4.36. The molecule has 6 rings (SSSR count). The maximum Gasteiger partial charge on any atom is 0.416 e. The summed E-state index contributed by atoms with van der Waals surface area (Å²) < 4.78 is 79.4. The highest BCUT2D eigenvalue weighted by molar-refractivity contribution is 6.10. The summed E-state index contributed by atoms with van der Waals surface area (Å²) in [6.07, 6.45) is -1.00. The Morgan fingerprint density at radius 1 is 1.00 bits per heavy atom. The van der Waals surface area contributed by atoms with Crippen LogP contribution in [0.25, 0.3) is 0 Å². The van der Waals surface area contributed by atoms with Gasteiger partial charge in [-0.15, -0.1) is 10.2 Å². The summed E-state index contributed by atoms with van der Waals surface area (Å²) in [5, 5.41) is 10.9. The monoisotopic (exact) mass is 831 g/mol. The quantitative estimate of drug-likeness (QED) is 0.161. The van der Waals surface area contributed by atoms with Crippen molar-refractivity contribution in [2.24, 2.45) is 13.0 Å². The van der Waals surface area contributed by atoms with Crippen molar-refractivity contribution in [2.75, 3.05) is 84.0 Å². The van der Waals surface area contributed by atoms with Crippen molar-refractivity contribution in [1.82, 2.24) is 30.0 Å². The maximum absolute atomic E-state index is 14.6. The smallest absolute Gasteiger partial charge is 0.416 e. The van der Waals surface area contributed by atoms with Crippen LogP contribution in [0.3, 0.4) is 0 Å². The molecule has 3 aromatic rings. The molecule has 0 spiro atoms. The molecular formula is C41H56F3N7O8. The summed E-state index contributed by atoms with van der Waals surface area (Å²) in [5.41, 5.74) is -0.743. The van der Waals surface area contributed by atoms with E-state index in [-0.39, 0.29) is 42.6 Å². The number of aromatic nitrogens is 4. The molecule has 0 bridgehead atoms. The van der Waals surface area contributed by atoms with E-state index in [1.807, 2.05) is 11.6 Å². The predicted molar refractivity (Wildman–Crippen MR) is 209 cm³/mol. The van der Waals surface area contributed by atoms with Gasteiger partial charge in [-0.05, 0) is 81.0 Å². The topological polar surface area (TPSA) is 152 Å². The summed E-state index contributed by atoms with van der Waals surface area (Å²) in [7, 11) is 1.85. The van der Waals surface area contributed by atoms with E-state index >= 15 is 0 Å². The lowest BCUT2D eigenvalue weighted by Gasteiger charge is -2.42. The average Bonchev–Trinajstić information content (AvgIpc) is 3.71. The van der Waals surface area contributed by atoms with Crippen LogP contribution in [0.4, 0.5) is 23.8 Å². The van der Waals surface area contributed by atoms with Crippen molar-refractivity contribution in [1.29, 1.82) is 0 Å². The van der Waals surface area contributed by atoms with E-state index in [9.17, 15) is 22.8 Å². The number of piperidine rings is 1. The van der Waals surface area contributed by atoms with Gasteiger partial charge in [0.2, 0.25) is 5.88 Å². The second kappa shape index (κ2) is 19.4. The first kappa shape index (κ1) is 44.2. The molecule has 5 heterocycles. The van der Waals surface area contributed by atoms with E-state index < -0.39 is 34.8 Å². The van der Waals surface area contributed by atoms with Crippen LogP contribution in [0, 0.1) is 5.92 Å². The third-order valence-electron chi connectivity index (χ3n) is 10.4. The molecule has 1 aromatic carbocycles. The van der Waals surface area contributed by atoms with Gasteiger partial charge in [0.05, 0.1) is 65.0 Å². The van der Waals surface area contributed by atoms with Gasteiger partial charge in [-0.3, -0.25) is 14.6 Å². The Morgan fingerprint density at radius 3 is 2.34 bits per heavy atom. The van der Waals surface area contributed by atoms with Crippen LogP contribution in [-0.2, 0) is 61.8 Å². The van der Waals surface area contributed by atoms with E-state index in [0.717, 1.165) is 37.3 Å². The van der Waals surface area contributed by atoms with E-state index in [1.54, 1.807) is 45.3 Å². The molecule has 18 heteroatoms. The van der Waals surface area contributed by atoms with Crippen molar-refractivity contribution < 1.29 is 51.2 Å². The Kier molecular flexibility index (Phi) is 14.5. The number of nitrogens with zero attached hydrogens (tertiary/aromatic N) is 6. The number of carbonyl (C=O) groups is 2. The van der Waals surface area contributed by atoms with Gasteiger partial charge in [0.25, 0.3) is 5.91 Å². The second-order valence-electron chi connectivity index (χ2n) is 16.5. The number of fused-ring (bicyclic) bond motifs is 1. The number of halogens is 3. The van der Waals surface area contributed by atoms with Crippen molar-refractivity contribution in [3.8, 4) is 5.88 Å². The standard InChI is InChI=1S/C41H56F3N7O8/c1-28-7-6-9-50(22-28)23-29-17-31-32(33(18-29)41(42,43)44)24-51(37(31)52)34-19-30(40(25-57-26-40)21-35-48-46-27-49(35)5)20-36(47-34)58-16-15-56-14-13-55-12-11-54-10-8-45-38(53)59-39(2,3)4/h17-20,27-28H,6-16,21-26H2,1-5H3,(H,45,53)/t28-/m0/s1.